The molecule has 0 aromatic heterocycles. The van der Waals surface area contributed by atoms with Gasteiger partial charge in [0, 0.05) is 25.7 Å². The lowest BCUT2D eigenvalue weighted by Crippen LogP contribution is -2.39. The molecule has 0 saturated heterocycles. The second-order valence-electron chi connectivity index (χ2n) is 23.7. The lowest BCUT2D eigenvalue weighted by atomic mass is 9.71. The molecule has 2 atom stereocenters. The number of ether oxygens (including phenoxy) is 2. The fourth-order valence-electron chi connectivity index (χ4n) is 9.92. The third-order valence-corrected chi connectivity index (χ3v) is 15.0. The minimum absolute atomic E-state index is 0.100. The fraction of sp³-hybridized carbons (Fsp3) is 0.500. The summed E-state index contributed by atoms with van der Waals surface area (Å²) in [5, 5.41) is 0. The molecule has 0 N–H and O–H groups in total. The van der Waals surface area contributed by atoms with Gasteiger partial charge in [-0.15, -0.1) is 0 Å². The van der Waals surface area contributed by atoms with Crippen LogP contribution in [0.1, 0.15) is 224 Å². The summed E-state index contributed by atoms with van der Waals surface area (Å²) in [7, 11) is 0. The van der Waals surface area contributed by atoms with E-state index < -0.39 is 12.2 Å². The second-order valence-corrected chi connectivity index (χ2v) is 23.7. The average molecular weight is 1120 g/mol. The lowest BCUT2D eigenvalue weighted by molar-refractivity contribution is -0.156. The van der Waals surface area contributed by atoms with E-state index in [1.807, 2.05) is 76.3 Å². The van der Waals surface area contributed by atoms with Crippen LogP contribution in [0.15, 0.2) is 203 Å². The Kier molecular flexibility index (Phi) is 37.4. The van der Waals surface area contributed by atoms with Gasteiger partial charge in [0.05, 0.1) is 0 Å². The summed E-state index contributed by atoms with van der Waals surface area (Å²) >= 11 is 0. The van der Waals surface area contributed by atoms with Crippen molar-refractivity contribution in [1.29, 1.82) is 0 Å². The Morgan fingerprint density at radius 3 is 1.07 bits per heavy atom. The maximum absolute atomic E-state index is 13.4. The van der Waals surface area contributed by atoms with E-state index in [4.69, 9.17) is 9.47 Å². The molecule has 0 heterocycles. The molecule has 0 aliphatic heterocycles. The first-order valence-electron chi connectivity index (χ1n) is 31.3. The fourth-order valence-corrected chi connectivity index (χ4v) is 9.92. The minimum atomic E-state index is -0.739. The molecule has 0 unspecified atom stereocenters. The predicted molar refractivity (Wildman–Crippen MR) is 351 cm³/mol. The Morgan fingerprint density at radius 2 is 0.720 bits per heavy atom. The summed E-state index contributed by atoms with van der Waals surface area (Å²) in [4.78, 5) is 52.4. The van der Waals surface area contributed by atoms with Crippen molar-refractivity contribution >= 4 is 23.5 Å². The molecule has 0 amide bonds. The van der Waals surface area contributed by atoms with E-state index in [2.05, 4.69) is 165 Å². The summed E-state index contributed by atoms with van der Waals surface area (Å²) in [6.45, 7) is 24.8. The van der Waals surface area contributed by atoms with Crippen LogP contribution in [0.3, 0.4) is 0 Å². The molecule has 448 valence electrons. The summed E-state index contributed by atoms with van der Waals surface area (Å²) in [6.07, 6.45) is 74.2. The first-order valence-corrected chi connectivity index (χ1v) is 31.3. The summed E-state index contributed by atoms with van der Waals surface area (Å²) in [6, 6.07) is 0. The maximum atomic E-state index is 13.4. The van der Waals surface area contributed by atoms with Crippen molar-refractivity contribution in [2.75, 3.05) is 0 Å². The average Bonchev–Trinajstić information content (AvgIpc) is 3.58. The van der Waals surface area contributed by atoms with Gasteiger partial charge in [0.25, 0.3) is 0 Å². The monoisotopic (exact) mass is 1120 g/mol. The van der Waals surface area contributed by atoms with Gasteiger partial charge < -0.3 is 9.47 Å². The van der Waals surface area contributed by atoms with E-state index in [0.717, 1.165) is 123 Å². The van der Waals surface area contributed by atoms with E-state index in [1.54, 1.807) is 0 Å². The van der Waals surface area contributed by atoms with Crippen molar-refractivity contribution in [3.63, 3.8) is 0 Å². The number of unbranched alkanes of at least 4 members (excludes halogenated alkanes) is 14. The van der Waals surface area contributed by atoms with E-state index in [-0.39, 0.29) is 34.3 Å². The normalized spacial score (nSPS) is 19.1. The number of rotatable bonds is 38. The van der Waals surface area contributed by atoms with Crippen molar-refractivity contribution < 1.29 is 28.7 Å². The van der Waals surface area contributed by atoms with Crippen molar-refractivity contribution in [1.82, 2.24) is 0 Å². The molecule has 0 spiro atoms. The summed E-state index contributed by atoms with van der Waals surface area (Å²) in [5.41, 5.74) is 6.95. The Bertz CT molecular complexity index is 2360. The molecule has 0 fully saturated rings. The van der Waals surface area contributed by atoms with Crippen LogP contribution < -0.4 is 0 Å². The van der Waals surface area contributed by atoms with Crippen molar-refractivity contribution in [2.45, 2.75) is 237 Å². The number of esters is 2. The molecule has 0 radical (unpaired) electrons. The number of carbonyl (C=O) groups is 4. The van der Waals surface area contributed by atoms with E-state index in [1.165, 1.54) is 25.7 Å². The van der Waals surface area contributed by atoms with Gasteiger partial charge in [-0.1, -0.05) is 286 Å². The standard InChI is InChI=1S/C76H108O6/c1-13-15-17-19-21-23-25-27-29-31-33-35-37-39-41-53-71(77)81-69-59-75(9,10)67(65(7)73(69)79)57-55-63(5)51-45-49-61(3)47-43-44-48-62(4)50-46-52-64(6)56-58-68-66(8)74(80)70(60-76(68,11)12)82-72(78)54-42-40-38-36-34-32-30-28-26-24-22-20-18-16-14-2/h19-30,43-52,55-58,69-70H,13-18,31-42,53-54,59-60H2,1-12H3/b21-19-,22-20-,25-23+,26-24+,29-27-,30-28-,44-43+,49-45+,50-46+,57-55+,58-56+,61-47+,62-48+,63-51+,64-52+/t69-,70-/m0/s1. The van der Waals surface area contributed by atoms with Crippen LogP contribution in [0, 0.1) is 10.8 Å². The van der Waals surface area contributed by atoms with Gasteiger partial charge in [-0.3, -0.25) is 19.2 Å². The van der Waals surface area contributed by atoms with Gasteiger partial charge in [-0.2, -0.15) is 0 Å². The molecule has 0 bridgehead atoms. The van der Waals surface area contributed by atoms with Crippen molar-refractivity contribution in [3.05, 3.63) is 203 Å². The van der Waals surface area contributed by atoms with E-state index in [0.29, 0.717) is 36.8 Å². The summed E-state index contributed by atoms with van der Waals surface area (Å²) in [5.74, 6) is -0.762. The molecule has 2 aliphatic rings. The highest BCUT2D eigenvalue weighted by atomic mass is 16.6. The molecular weight excluding hydrogens is 1010 g/mol. The zero-order valence-corrected chi connectivity index (χ0v) is 53.2. The number of hydrogen-bond acceptors (Lipinski definition) is 6. The second kappa shape index (κ2) is 42.6. The molecule has 0 saturated carbocycles. The molecule has 6 heteroatoms. The molecule has 82 heavy (non-hydrogen) atoms. The predicted octanol–water partition coefficient (Wildman–Crippen LogP) is 21.2. The van der Waals surface area contributed by atoms with Crippen LogP contribution >= 0.6 is 0 Å². The molecule has 0 aromatic carbocycles. The van der Waals surface area contributed by atoms with Crippen LogP contribution in [-0.4, -0.2) is 35.7 Å². The highest BCUT2D eigenvalue weighted by Crippen LogP contribution is 2.42. The minimum Gasteiger partial charge on any atom is -0.454 e. The SMILES string of the molecule is CCCC\C=C/C=C/C=C\CCCCCCCC(=O)O[C@H]1CC(C)(C)C(/C=C/C(C)=C/C=C/C(C)=C/C=C/C=C(C)/C=C/C=C(C)/C=C/C2=C(C)C(=O)[C@@H](OC(=O)CCCCCCC\C=C/C=C/C=C\CCCC)CC2(C)C)=C(C)C1=O. The van der Waals surface area contributed by atoms with Gasteiger partial charge in [0.1, 0.15) is 0 Å². The highest BCUT2D eigenvalue weighted by Gasteiger charge is 2.41. The zero-order chi connectivity index (χ0) is 60.4. The summed E-state index contributed by atoms with van der Waals surface area (Å²) < 4.78 is 11.6. The first-order chi connectivity index (χ1) is 39.3. The number of hydrogen-bond donors (Lipinski definition) is 0. The highest BCUT2D eigenvalue weighted by molar-refractivity contribution is 6.02. The number of allylic oxidation sites excluding steroid dienone is 32. The quantitative estimate of drug-likeness (QED) is 0.0348. The maximum Gasteiger partial charge on any atom is 0.306 e. The Balaban J connectivity index is 1.79. The number of ketones is 2. The molecule has 2 rings (SSSR count). The van der Waals surface area contributed by atoms with Gasteiger partial charge >= 0.3 is 11.9 Å². The Morgan fingerprint density at radius 1 is 0.415 bits per heavy atom. The number of Topliss-reactive ketones (excluding diaryl/α,β-unsaturated/α-hetero) is 2. The number of carbonyl (C=O) groups excluding carboxylic acids is 4. The first kappa shape index (κ1) is 72.0. The topological polar surface area (TPSA) is 86.7 Å². The van der Waals surface area contributed by atoms with Crippen molar-refractivity contribution in [3.8, 4) is 0 Å². The molecule has 2 aliphatic carbocycles. The molecular formula is C76H108O6. The van der Waals surface area contributed by atoms with Gasteiger partial charge in [-0.05, 0) is 126 Å². The van der Waals surface area contributed by atoms with Crippen LogP contribution in [0.25, 0.3) is 0 Å². The van der Waals surface area contributed by atoms with Crippen LogP contribution in [-0.2, 0) is 28.7 Å². The lowest BCUT2D eigenvalue weighted by Gasteiger charge is -2.36. The van der Waals surface area contributed by atoms with Gasteiger partial charge in [0.2, 0.25) is 0 Å². The smallest absolute Gasteiger partial charge is 0.306 e. The molecule has 6 nitrogen and oxygen atoms in total. The van der Waals surface area contributed by atoms with Crippen LogP contribution in [0.4, 0.5) is 0 Å². The third-order valence-electron chi connectivity index (χ3n) is 15.0. The zero-order valence-electron chi connectivity index (χ0n) is 53.2. The van der Waals surface area contributed by atoms with E-state index in [9.17, 15) is 19.2 Å². The van der Waals surface area contributed by atoms with Gasteiger partial charge in [-0.25, -0.2) is 0 Å². The van der Waals surface area contributed by atoms with Gasteiger partial charge in [0.15, 0.2) is 23.8 Å². The Labute approximate surface area is 499 Å². The largest absolute Gasteiger partial charge is 0.454 e. The van der Waals surface area contributed by atoms with Crippen LogP contribution in [0.5, 0.6) is 0 Å². The van der Waals surface area contributed by atoms with Crippen LogP contribution in [0.2, 0.25) is 0 Å². The Hall–Kier alpha value is -6.14. The molecule has 0 aromatic rings. The third kappa shape index (κ3) is 31.9. The van der Waals surface area contributed by atoms with Crippen molar-refractivity contribution in [2.24, 2.45) is 10.8 Å². The van der Waals surface area contributed by atoms with E-state index >= 15 is 0 Å².